The van der Waals surface area contributed by atoms with Gasteiger partial charge in [0.25, 0.3) is 5.22 Å². The molecule has 0 saturated carbocycles. The molecule has 2 N–H and O–H groups in total. The van der Waals surface area contributed by atoms with Crippen LogP contribution in [-0.2, 0) is 0 Å². The number of nitrogens with two attached hydrogens (primary N) is 1. The van der Waals surface area contributed by atoms with Crippen molar-refractivity contribution in [1.82, 2.24) is 10.2 Å². The minimum atomic E-state index is 0.277. The number of hydrogen-bond acceptors (Lipinski definition) is 5. The summed E-state index contributed by atoms with van der Waals surface area (Å²) in [6, 6.07) is 0. The highest BCUT2D eigenvalue weighted by atomic mass is 32.2. The highest BCUT2D eigenvalue weighted by molar-refractivity contribution is 8.22. The Hall–Kier alpha value is -0.620. The van der Waals surface area contributed by atoms with Crippen LogP contribution >= 0.6 is 24.0 Å². The van der Waals surface area contributed by atoms with E-state index in [0.29, 0.717) is 5.22 Å². The number of aromatic nitrogens is 2. The number of rotatable bonds is 1. The molecular formula is C3H3N3OS2. The Balaban J connectivity index is 2.58. The summed E-state index contributed by atoms with van der Waals surface area (Å²) in [5.41, 5.74) is 5.15. The van der Waals surface area contributed by atoms with Gasteiger partial charge in [-0.05, 0) is 0 Å². The topological polar surface area (TPSA) is 64.9 Å². The van der Waals surface area contributed by atoms with Crippen molar-refractivity contribution in [2.75, 3.05) is 0 Å². The molecule has 9 heavy (non-hydrogen) atoms. The van der Waals surface area contributed by atoms with E-state index in [9.17, 15) is 0 Å². The van der Waals surface area contributed by atoms with E-state index in [1.54, 1.807) is 0 Å². The lowest BCUT2D eigenvalue weighted by molar-refractivity contribution is 0.454. The minimum absolute atomic E-state index is 0.277. The summed E-state index contributed by atoms with van der Waals surface area (Å²) in [6.07, 6.45) is 1.22. The van der Waals surface area contributed by atoms with Gasteiger partial charge in [0.1, 0.15) is 4.32 Å². The van der Waals surface area contributed by atoms with E-state index in [-0.39, 0.29) is 4.32 Å². The first-order valence-corrected chi connectivity index (χ1v) is 3.25. The van der Waals surface area contributed by atoms with E-state index in [0.717, 1.165) is 11.8 Å². The molecule has 1 aromatic heterocycles. The summed E-state index contributed by atoms with van der Waals surface area (Å²) in [6.45, 7) is 0. The molecule has 0 radical (unpaired) electrons. The molecular weight excluding hydrogens is 158 g/mol. The first-order valence-electron chi connectivity index (χ1n) is 2.02. The quantitative estimate of drug-likeness (QED) is 0.475. The second kappa shape index (κ2) is 2.79. The molecule has 0 saturated heterocycles. The Bertz CT molecular complexity index is 197. The molecule has 0 amide bonds. The molecule has 0 aliphatic rings. The summed E-state index contributed by atoms with van der Waals surface area (Å²) < 4.78 is 4.99. The SMILES string of the molecule is NC(=S)Sc1nnco1. The zero-order valence-corrected chi connectivity index (χ0v) is 5.91. The van der Waals surface area contributed by atoms with Crippen LogP contribution in [0.25, 0.3) is 0 Å². The summed E-state index contributed by atoms with van der Waals surface area (Å²) in [7, 11) is 0. The average Bonchev–Trinajstić information content (AvgIpc) is 2.15. The summed E-state index contributed by atoms with van der Waals surface area (Å²) in [5, 5.41) is 7.34. The predicted molar refractivity (Wildman–Crippen MR) is 36.9 cm³/mol. The standard InChI is InChI=1S/C3H3N3OS2/c4-2(8)9-3-6-5-1-7-3/h1H,(H2,4,8). The van der Waals surface area contributed by atoms with Crippen LogP contribution < -0.4 is 5.73 Å². The number of nitrogens with zero attached hydrogens (tertiary/aromatic N) is 2. The van der Waals surface area contributed by atoms with Crippen molar-refractivity contribution in [3.05, 3.63) is 6.39 Å². The third-order valence-corrected chi connectivity index (χ3v) is 1.33. The van der Waals surface area contributed by atoms with Crippen molar-refractivity contribution >= 4 is 28.3 Å². The summed E-state index contributed by atoms with van der Waals surface area (Å²) in [4.78, 5) is 0. The van der Waals surface area contributed by atoms with Gasteiger partial charge in [-0.15, -0.1) is 10.2 Å². The monoisotopic (exact) mass is 161 g/mol. The normalized spacial score (nSPS) is 9.33. The number of thiocarbonyl (C=S) groups is 1. The third-order valence-electron chi connectivity index (χ3n) is 0.528. The van der Waals surface area contributed by atoms with Crippen LogP contribution in [0.1, 0.15) is 0 Å². The van der Waals surface area contributed by atoms with E-state index in [1.165, 1.54) is 6.39 Å². The largest absolute Gasteiger partial charge is 0.418 e. The lowest BCUT2D eigenvalue weighted by Gasteiger charge is -1.85. The fraction of sp³-hybridized carbons (Fsp3) is 0. The smallest absolute Gasteiger partial charge is 0.283 e. The Morgan fingerprint density at radius 1 is 1.89 bits per heavy atom. The molecule has 1 heterocycles. The Morgan fingerprint density at radius 3 is 3.11 bits per heavy atom. The Morgan fingerprint density at radius 2 is 2.67 bits per heavy atom. The Kier molecular flexibility index (Phi) is 2.01. The molecule has 6 heteroatoms. The third kappa shape index (κ3) is 1.98. The molecule has 0 unspecified atom stereocenters. The molecule has 0 spiro atoms. The van der Waals surface area contributed by atoms with Gasteiger partial charge in [-0.1, -0.05) is 12.2 Å². The maximum Gasteiger partial charge on any atom is 0.283 e. The van der Waals surface area contributed by atoms with Crippen molar-refractivity contribution in [2.24, 2.45) is 5.73 Å². The minimum Gasteiger partial charge on any atom is -0.418 e. The molecule has 1 rings (SSSR count). The first kappa shape index (κ1) is 6.50. The number of hydrogen-bond donors (Lipinski definition) is 1. The number of thioether (sulfide) groups is 1. The molecule has 4 nitrogen and oxygen atoms in total. The van der Waals surface area contributed by atoms with Gasteiger partial charge < -0.3 is 10.2 Å². The van der Waals surface area contributed by atoms with E-state index < -0.39 is 0 Å². The van der Waals surface area contributed by atoms with Gasteiger partial charge in [0, 0.05) is 11.8 Å². The molecule has 48 valence electrons. The average molecular weight is 161 g/mol. The molecule has 0 aliphatic carbocycles. The van der Waals surface area contributed by atoms with E-state index in [1.807, 2.05) is 0 Å². The van der Waals surface area contributed by atoms with Crippen molar-refractivity contribution in [2.45, 2.75) is 5.22 Å². The van der Waals surface area contributed by atoms with Crippen LogP contribution in [0.2, 0.25) is 0 Å². The second-order valence-electron chi connectivity index (χ2n) is 1.13. The maximum absolute atomic E-state index is 5.15. The lowest BCUT2D eigenvalue weighted by atomic mass is 11.5. The van der Waals surface area contributed by atoms with Crippen LogP contribution in [-0.4, -0.2) is 14.5 Å². The second-order valence-corrected chi connectivity index (χ2v) is 2.82. The predicted octanol–water partition coefficient (Wildman–Crippen LogP) is 0.405. The van der Waals surface area contributed by atoms with Crippen LogP contribution in [0.5, 0.6) is 0 Å². The van der Waals surface area contributed by atoms with E-state index in [4.69, 9.17) is 10.2 Å². The van der Waals surface area contributed by atoms with Crippen LogP contribution in [0.4, 0.5) is 0 Å². The summed E-state index contributed by atoms with van der Waals surface area (Å²) in [5.74, 6) is 0. The molecule has 0 atom stereocenters. The van der Waals surface area contributed by atoms with Gasteiger partial charge in [0.05, 0.1) is 0 Å². The van der Waals surface area contributed by atoms with Crippen molar-refractivity contribution in [3.8, 4) is 0 Å². The van der Waals surface area contributed by atoms with Gasteiger partial charge in [0.15, 0.2) is 0 Å². The van der Waals surface area contributed by atoms with Gasteiger partial charge in [-0.3, -0.25) is 0 Å². The zero-order valence-electron chi connectivity index (χ0n) is 4.27. The Labute approximate surface area is 60.8 Å². The fourth-order valence-corrected chi connectivity index (χ4v) is 0.859. The van der Waals surface area contributed by atoms with Gasteiger partial charge in [-0.25, -0.2) is 0 Å². The fourth-order valence-electron chi connectivity index (χ4n) is 0.293. The molecule has 0 fully saturated rings. The highest BCUT2D eigenvalue weighted by Crippen LogP contribution is 2.12. The van der Waals surface area contributed by atoms with Crippen LogP contribution in [0.15, 0.2) is 16.0 Å². The summed E-state index contributed by atoms with van der Waals surface area (Å²) >= 11 is 5.63. The van der Waals surface area contributed by atoms with Gasteiger partial charge in [-0.2, -0.15) is 0 Å². The van der Waals surface area contributed by atoms with Crippen molar-refractivity contribution < 1.29 is 4.42 Å². The van der Waals surface area contributed by atoms with Crippen molar-refractivity contribution in [1.29, 1.82) is 0 Å². The molecule has 0 aliphatic heterocycles. The molecule has 0 bridgehead atoms. The first-order chi connectivity index (χ1) is 4.29. The maximum atomic E-state index is 5.15. The molecule has 1 aromatic rings. The van der Waals surface area contributed by atoms with E-state index >= 15 is 0 Å². The van der Waals surface area contributed by atoms with Gasteiger partial charge >= 0.3 is 0 Å². The van der Waals surface area contributed by atoms with E-state index in [2.05, 4.69) is 22.4 Å². The zero-order chi connectivity index (χ0) is 6.69. The lowest BCUT2D eigenvalue weighted by Crippen LogP contribution is -2.00. The molecule has 0 aromatic carbocycles. The van der Waals surface area contributed by atoms with Gasteiger partial charge in [0.2, 0.25) is 6.39 Å². The highest BCUT2D eigenvalue weighted by Gasteiger charge is 1.99. The van der Waals surface area contributed by atoms with Crippen LogP contribution in [0, 0.1) is 0 Å². The van der Waals surface area contributed by atoms with Crippen molar-refractivity contribution in [3.63, 3.8) is 0 Å². The van der Waals surface area contributed by atoms with Crippen LogP contribution in [0.3, 0.4) is 0 Å².